The first kappa shape index (κ1) is 12.8. The highest BCUT2D eigenvalue weighted by Gasteiger charge is 2.11. The lowest BCUT2D eigenvalue weighted by Crippen LogP contribution is -2.07. The van der Waals surface area contributed by atoms with Crippen molar-refractivity contribution in [2.24, 2.45) is 0 Å². The summed E-state index contributed by atoms with van der Waals surface area (Å²) in [5.74, 6) is 0.0411. The van der Waals surface area contributed by atoms with Gasteiger partial charge < -0.3 is 5.73 Å². The number of carbonyl (C=O) groups is 1. The third-order valence-corrected chi connectivity index (χ3v) is 3.26. The minimum atomic E-state index is 0.0411. The summed E-state index contributed by atoms with van der Waals surface area (Å²) in [6.07, 6.45) is 0.377. The van der Waals surface area contributed by atoms with Gasteiger partial charge in [-0.25, -0.2) is 0 Å². The van der Waals surface area contributed by atoms with E-state index in [4.69, 9.17) is 5.73 Å². The van der Waals surface area contributed by atoms with E-state index in [9.17, 15) is 4.79 Å². The van der Waals surface area contributed by atoms with Crippen LogP contribution in [0.5, 0.6) is 0 Å². The van der Waals surface area contributed by atoms with Crippen LogP contribution in [0.2, 0.25) is 0 Å². The average molecular weight is 304 g/mol. The zero-order chi connectivity index (χ0) is 13.1. The van der Waals surface area contributed by atoms with E-state index in [0.29, 0.717) is 17.7 Å². The number of aryl methyl sites for hydroxylation is 1. The van der Waals surface area contributed by atoms with E-state index in [-0.39, 0.29) is 5.78 Å². The van der Waals surface area contributed by atoms with Gasteiger partial charge in [0.2, 0.25) is 0 Å². The van der Waals surface area contributed by atoms with Gasteiger partial charge in [0.25, 0.3) is 0 Å². The van der Waals surface area contributed by atoms with E-state index >= 15 is 0 Å². The smallest absolute Gasteiger partial charge is 0.169 e. The summed E-state index contributed by atoms with van der Waals surface area (Å²) in [5, 5.41) is 0. The summed E-state index contributed by atoms with van der Waals surface area (Å²) in [6, 6.07) is 13.3. The molecule has 0 atom stereocenters. The van der Waals surface area contributed by atoms with Gasteiger partial charge in [-0.05, 0) is 30.7 Å². The molecule has 0 spiro atoms. The molecule has 0 heterocycles. The van der Waals surface area contributed by atoms with Gasteiger partial charge in [0.15, 0.2) is 5.78 Å². The second kappa shape index (κ2) is 5.36. The summed E-state index contributed by atoms with van der Waals surface area (Å²) < 4.78 is 0.865. The van der Waals surface area contributed by atoms with Crippen LogP contribution >= 0.6 is 15.9 Å². The number of anilines is 1. The first-order valence-corrected chi connectivity index (χ1v) is 6.49. The Kier molecular flexibility index (Phi) is 3.82. The fourth-order valence-electron chi connectivity index (χ4n) is 1.87. The van der Waals surface area contributed by atoms with Crippen molar-refractivity contribution in [1.82, 2.24) is 0 Å². The second-order valence-electron chi connectivity index (χ2n) is 4.32. The first-order chi connectivity index (χ1) is 8.56. The van der Waals surface area contributed by atoms with E-state index in [0.717, 1.165) is 15.6 Å². The molecule has 0 aliphatic carbocycles. The number of benzene rings is 2. The number of Topliss-reactive ketones (excluding diaryl/α,β-unsaturated/α-hetero) is 1. The van der Waals surface area contributed by atoms with Crippen molar-refractivity contribution in [3.8, 4) is 0 Å². The minimum Gasteiger partial charge on any atom is -0.398 e. The highest BCUT2D eigenvalue weighted by atomic mass is 79.9. The molecule has 92 valence electrons. The molecular formula is C15H14BrNO. The average Bonchev–Trinajstić information content (AvgIpc) is 2.32. The van der Waals surface area contributed by atoms with Crippen molar-refractivity contribution < 1.29 is 4.79 Å². The maximum Gasteiger partial charge on any atom is 0.169 e. The van der Waals surface area contributed by atoms with Crippen LogP contribution in [-0.2, 0) is 6.42 Å². The van der Waals surface area contributed by atoms with Gasteiger partial charge in [0.1, 0.15) is 0 Å². The Bertz CT molecular complexity index is 593. The Morgan fingerprint density at radius 3 is 2.72 bits per heavy atom. The Hall–Kier alpha value is -1.61. The van der Waals surface area contributed by atoms with Gasteiger partial charge in [0, 0.05) is 22.1 Å². The highest BCUT2D eigenvalue weighted by Crippen LogP contribution is 2.20. The number of hydrogen-bond acceptors (Lipinski definition) is 2. The highest BCUT2D eigenvalue weighted by molar-refractivity contribution is 9.10. The van der Waals surface area contributed by atoms with Crippen LogP contribution in [0.15, 0.2) is 46.9 Å². The van der Waals surface area contributed by atoms with Crippen LogP contribution in [0.25, 0.3) is 0 Å². The lowest BCUT2D eigenvalue weighted by atomic mass is 10.0. The van der Waals surface area contributed by atoms with Crippen LogP contribution in [0.4, 0.5) is 5.69 Å². The maximum atomic E-state index is 12.2. The zero-order valence-electron chi connectivity index (χ0n) is 10.1. The van der Waals surface area contributed by atoms with Gasteiger partial charge in [-0.1, -0.05) is 45.8 Å². The van der Waals surface area contributed by atoms with Crippen LogP contribution in [0.3, 0.4) is 0 Å². The number of nitrogens with two attached hydrogens (primary N) is 1. The standard InChI is InChI=1S/C15H14BrNO/c1-10-3-2-4-11(7-10)8-15(18)13-9-12(16)5-6-14(13)17/h2-7,9H,8,17H2,1H3. The Morgan fingerprint density at radius 2 is 2.00 bits per heavy atom. The maximum absolute atomic E-state index is 12.2. The summed E-state index contributed by atoms with van der Waals surface area (Å²) >= 11 is 3.35. The third kappa shape index (κ3) is 2.99. The molecule has 0 amide bonds. The van der Waals surface area contributed by atoms with Crippen LogP contribution in [-0.4, -0.2) is 5.78 Å². The van der Waals surface area contributed by atoms with Gasteiger partial charge in [-0.3, -0.25) is 4.79 Å². The molecule has 0 radical (unpaired) electrons. The summed E-state index contributed by atoms with van der Waals surface area (Å²) in [4.78, 5) is 12.2. The van der Waals surface area contributed by atoms with E-state index in [1.165, 1.54) is 0 Å². The normalized spacial score (nSPS) is 10.3. The molecule has 0 bridgehead atoms. The second-order valence-corrected chi connectivity index (χ2v) is 5.24. The largest absolute Gasteiger partial charge is 0.398 e. The van der Waals surface area contributed by atoms with Gasteiger partial charge in [0.05, 0.1) is 0 Å². The van der Waals surface area contributed by atoms with Crippen LogP contribution in [0.1, 0.15) is 21.5 Å². The molecule has 0 aromatic heterocycles. The SMILES string of the molecule is Cc1cccc(CC(=O)c2cc(Br)ccc2N)c1. The Morgan fingerprint density at radius 1 is 1.22 bits per heavy atom. The lowest BCUT2D eigenvalue weighted by molar-refractivity contribution is 0.0994. The van der Waals surface area contributed by atoms with E-state index in [1.807, 2.05) is 37.3 Å². The van der Waals surface area contributed by atoms with E-state index in [2.05, 4.69) is 15.9 Å². The van der Waals surface area contributed by atoms with Gasteiger partial charge >= 0.3 is 0 Å². The number of nitrogen functional groups attached to an aromatic ring is 1. The zero-order valence-corrected chi connectivity index (χ0v) is 11.7. The van der Waals surface area contributed by atoms with Crippen molar-refractivity contribution in [3.63, 3.8) is 0 Å². The topological polar surface area (TPSA) is 43.1 Å². The molecule has 0 aliphatic rings. The number of carbonyl (C=O) groups excluding carboxylic acids is 1. The van der Waals surface area contributed by atoms with Crippen molar-refractivity contribution in [2.45, 2.75) is 13.3 Å². The molecule has 0 unspecified atom stereocenters. The molecule has 2 N–H and O–H groups in total. The molecule has 2 rings (SSSR count). The molecule has 0 saturated heterocycles. The minimum absolute atomic E-state index is 0.0411. The molecule has 0 fully saturated rings. The number of hydrogen-bond donors (Lipinski definition) is 1. The lowest BCUT2D eigenvalue weighted by Gasteiger charge is -2.06. The molecule has 0 aliphatic heterocycles. The summed E-state index contributed by atoms with van der Waals surface area (Å²) in [7, 11) is 0. The quantitative estimate of drug-likeness (QED) is 0.693. The number of halogens is 1. The first-order valence-electron chi connectivity index (χ1n) is 5.70. The predicted molar refractivity (Wildman–Crippen MR) is 77.8 cm³/mol. The third-order valence-electron chi connectivity index (χ3n) is 2.76. The Labute approximate surface area is 115 Å². The molecular weight excluding hydrogens is 290 g/mol. The van der Waals surface area contributed by atoms with Crippen molar-refractivity contribution >= 4 is 27.4 Å². The molecule has 2 aromatic carbocycles. The summed E-state index contributed by atoms with van der Waals surface area (Å²) in [5.41, 5.74) is 9.10. The van der Waals surface area contributed by atoms with Gasteiger partial charge in [-0.2, -0.15) is 0 Å². The van der Waals surface area contributed by atoms with Crippen molar-refractivity contribution in [1.29, 1.82) is 0 Å². The van der Waals surface area contributed by atoms with E-state index < -0.39 is 0 Å². The molecule has 2 aromatic rings. The molecule has 18 heavy (non-hydrogen) atoms. The van der Waals surface area contributed by atoms with Crippen molar-refractivity contribution in [3.05, 3.63) is 63.6 Å². The number of ketones is 1. The monoisotopic (exact) mass is 303 g/mol. The van der Waals surface area contributed by atoms with Crippen LogP contribution in [0, 0.1) is 6.92 Å². The van der Waals surface area contributed by atoms with E-state index in [1.54, 1.807) is 12.1 Å². The number of rotatable bonds is 3. The predicted octanol–water partition coefficient (Wildman–Crippen LogP) is 3.77. The van der Waals surface area contributed by atoms with Crippen molar-refractivity contribution in [2.75, 3.05) is 5.73 Å². The fourth-order valence-corrected chi connectivity index (χ4v) is 2.23. The molecule has 0 saturated carbocycles. The van der Waals surface area contributed by atoms with Gasteiger partial charge in [-0.15, -0.1) is 0 Å². The van der Waals surface area contributed by atoms with Crippen LogP contribution < -0.4 is 5.73 Å². The molecule has 2 nitrogen and oxygen atoms in total. The Balaban J connectivity index is 2.24. The summed E-state index contributed by atoms with van der Waals surface area (Å²) in [6.45, 7) is 2.02. The fraction of sp³-hybridized carbons (Fsp3) is 0.133. The molecule has 3 heteroatoms.